The zero-order valence-corrected chi connectivity index (χ0v) is 7.55. The zero-order valence-electron chi connectivity index (χ0n) is 7.55. The molecular formula is C10H16O. The molecular weight excluding hydrogens is 136 g/mol. The minimum absolute atomic E-state index is 0.328. The van der Waals surface area contributed by atoms with Crippen molar-refractivity contribution in [2.75, 3.05) is 0 Å². The van der Waals surface area contributed by atoms with Crippen molar-refractivity contribution in [2.24, 2.45) is 23.2 Å². The van der Waals surface area contributed by atoms with Crippen LogP contribution in [0, 0.1) is 23.2 Å². The average Bonchev–Trinajstić information content (AvgIpc) is 1.84. The van der Waals surface area contributed by atoms with E-state index in [0.29, 0.717) is 23.0 Å². The van der Waals surface area contributed by atoms with Gasteiger partial charge in [0, 0.05) is 12.3 Å². The Labute approximate surface area is 68.2 Å². The molecule has 0 aromatic heterocycles. The van der Waals surface area contributed by atoms with Gasteiger partial charge in [-0.15, -0.1) is 0 Å². The minimum atomic E-state index is 0.328. The summed E-state index contributed by atoms with van der Waals surface area (Å²) in [5.41, 5.74) is 0.328. The van der Waals surface area contributed by atoms with Crippen LogP contribution in [0.25, 0.3) is 0 Å². The summed E-state index contributed by atoms with van der Waals surface area (Å²) in [5, 5.41) is 0. The first-order valence-electron chi connectivity index (χ1n) is 4.56. The number of hydrogen-bond donors (Lipinski definition) is 0. The molecule has 0 aliphatic heterocycles. The van der Waals surface area contributed by atoms with Gasteiger partial charge in [-0.05, 0) is 23.7 Å². The van der Waals surface area contributed by atoms with Gasteiger partial charge in [0.2, 0.25) is 0 Å². The zero-order chi connectivity index (χ0) is 8.22. The summed E-state index contributed by atoms with van der Waals surface area (Å²) in [5.74, 6) is 2.39. The van der Waals surface area contributed by atoms with E-state index in [0.717, 1.165) is 12.3 Å². The number of hydrogen-bond acceptors (Lipinski definition) is 1. The maximum absolute atomic E-state index is 11.5. The van der Waals surface area contributed by atoms with Crippen LogP contribution in [-0.2, 0) is 4.79 Å². The number of rotatable bonds is 0. The van der Waals surface area contributed by atoms with Crippen LogP contribution in [0.4, 0.5) is 0 Å². The summed E-state index contributed by atoms with van der Waals surface area (Å²) < 4.78 is 0. The topological polar surface area (TPSA) is 17.1 Å². The molecule has 0 radical (unpaired) electrons. The van der Waals surface area contributed by atoms with Gasteiger partial charge in [0.25, 0.3) is 0 Å². The van der Waals surface area contributed by atoms with Gasteiger partial charge in [0.15, 0.2) is 0 Å². The second-order valence-electron chi connectivity index (χ2n) is 4.86. The quantitative estimate of drug-likeness (QED) is 0.520. The third-order valence-electron chi connectivity index (χ3n) is 3.94. The van der Waals surface area contributed by atoms with Crippen molar-refractivity contribution in [3.63, 3.8) is 0 Å². The van der Waals surface area contributed by atoms with E-state index in [-0.39, 0.29) is 0 Å². The summed E-state index contributed by atoms with van der Waals surface area (Å²) in [6, 6.07) is 0. The summed E-state index contributed by atoms with van der Waals surface area (Å²) >= 11 is 0. The second kappa shape index (κ2) is 1.88. The molecule has 62 valence electrons. The van der Waals surface area contributed by atoms with Crippen LogP contribution < -0.4 is 0 Å². The lowest BCUT2D eigenvalue weighted by Gasteiger charge is -2.58. The first-order valence-corrected chi connectivity index (χ1v) is 4.56. The van der Waals surface area contributed by atoms with Crippen LogP contribution in [0.2, 0.25) is 0 Å². The molecule has 3 fully saturated rings. The molecule has 0 unspecified atom stereocenters. The third-order valence-corrected chi connectivity index (χ3v) is 3.94. The standard InChI is InChI=1S/C10H16O/c1-6-4-9(11)8-5-7(6)10(8,2)3/h6-8H,4-5H2,1-3H3/t6-,7+,8-/m1/s1. The molecule has 0 amide bonds. The first-order chi connectivity index (χ1) is 5.03. The number of fused-ring (bicyclic) bond motifs is 2. The average molecular weight is 152 g/mol. The Hall–Kier alpha value is -0.330. The Morgan fingerprint density at radius 2 is 2.09 bits per heavy atom. The molecule has 2 bridgehead atoms. The first kappa shape index (κ1) is 7.33. The Morgan fingerprint density at radius 3 is 2.45 bits per heavy atom. The number of Topliss-reactive ketones (excluding diaryl/α,β-unsaturated/α-hetero) is 1. The van der Waals surface area contributed by atoms with Crippen molar-refractivity contribution in [1.82, 2.24) is 0 Å². The number of carbonyl (C=O) groups is 1. The fourth-order valence-corrected chi connectivity index (χ4v) is 3.07. The van der Waals surface area contributed by atoms with Gasteiger partial charge in [-0.2, -0.15) is 0 Å². The molecule has 3 rings (SSSR count). The van der Waals surface area contributed by atoms with Crippen molar-refractivity contribution in [3.05, 3.63) is 0 Å². The highest BCUT2D eigenvalue weighted by Crippen LogP contribution is 2.59. The van der Waals surface area contributed by atoms with Gasteiger partial charge in [-0.3, -0.25) is 4.79 Å². The predicted octanol–water partition coefficient (Wildman–Crippen LogP) is 2.26. The summed E-state index contributed by atoms with van der Waals surface area (Å²) in [6.45, 7) is 6.72. The normalized spacial score (nSPS) is 46.8. The van der Waals surface area contributed by atoms with Crippen LogP contribution in [0.3, 0.4) is 0 Å². The van der Waals surface area contributed by atoms with E-state index in [1.165, 1.54) is 6.42 Å². The van der Waals surface area contributed by atoms with E-state index in [4.69, 9.17) is 0 Å². The molecule has 11 heavy (non-hydrogen) atoms. The SMILES string of the molecule is C[C@@H]1CC(=O)[C@H]2C[C@@H]1C2(C)C. The molecule has 1 heteroatoms. The summed E-state index contributed by atoms with van der Waals surface area (Å²) in [7, 11) is 0. The van der Waals surface area contributed by atoms with Crippen molar-refractivity contribution >= 4 is 5.78 Å². The van der Waals surface area contributed by atoms with E-state index in [9.17, 15) is 4.79 Å². The van der Waals surface area contributed by atoms with Crippen LogP contribution in [0.1, 0.15) is 33.6 Å². The Bertz CT molecular complexity index is 205. The van der Waals surface area contributed by atoms with Crippen molar-refractivity contribution in [1.29, 1.82) is 0 Å². The Morgan fingerprint density at radius 1 is 1.45 bits per heavy atom. The van der Waals surface area contributed by atoms with Gasteiger partial charge >= 0.3 is 0 Å². The molecule has 3 aliphatic rings. The Kier molecular flexibility index (Phi) is 1.25. The van der Waals surface area contributed by atoms with E-state index in [1.807, 2.05) is 0 Å². The fourth-order valence-electron chi connectivity index (χ4n) is 3.07. The molecule has 3 aliphatic carbocycles. The van der Waals surface area contributed by atoms with Crippen molar-refractivity contribution in [3.8, 4) is 0 Å². The molecule has 0 aromatic carbocycles. The monoisotopic (exact) mass is 152 g/mol. The maximum atomic E-state index is 11.5. The predicted molar refractivity (Wildman–Crippen MR) is 44.2 cm³/mol. The fraction of sp³-hybridized carbons (Fsp3) is 0.900. The highest BCUT2D eigenvalue weighted by atomic mass is 16.1. The smallest absolute Gasteiger partial charge is 0.136 e. The lowest BCUT2D eigenvalue weighted by Crippen LogP contribution is -2.56. The molecule has 0 heterocycles. The Balaban J connectivity index is 2.26. The van der Waals surface area contributed by atoms with Crippen LogP contribution in [0.15, 0.2) is 0 Å². The lowest BCUT2D eigenvalue weighted by atomic mass is 9.45. The maximum Gasteiger partial charge on any atom is 0.136 e. The third kappa shape index (κ3) is 0.743. The van der Waals surface area contributed by atoms with Crippen LogP contribution in [0.5, 0.6) is 0 Å². The van der Waals surface area contributed by atoms with Gasteiger partial charge in [0.1, 0.15) is 5.78 Å². The minimum Gasteiger partial charge on any atom is -0.299 e. The second-order valence-corrected chi connectivity index (χ2v) is 4.86. The van der Waals surface area contributed by atoms with Gasteiger partial charge in [-0.25, -0.2) is 0 Å². The van der Waals surface area contributed by atoms with Crippen molar-refractivity contribution in [2.45, 2.75) is 33.6 Å². The number of carbonyl (C=O) groups excluding carboxylic acids is 1. The van der Waals surface area contributed by atoms with E-state index in [2.05, 4.69) is 20.8 Å². The van der Waals surface area contributed by atoms with Crippen LogP contribution >= 0.6 is 0 Å². The summed E-state index contributed by atoms with van der Waals surface area (Å²) in [4.78, 5) is 11.5. The van der Waals surface area contributed by atoms with Gasteiger partial charge in [0.05, 0.1) is 0 Å². The summed E-state index contributed by atoms with van der Waals surface area (Å²) in [6.07, 6.45) is 2.02. The highest BCUT2D eigenvalue weighted by molar-refractivity contribution is 5.84. The molecule has 0 saturated heterocycles. The molecule has 0 N–H and O–H groups in total. The molecule has 3 saturated carbocycles. The number of ketones is 1. The van der Waals surface area contributed by atoms with E-state index >= 15 is 0 Å². The molecule has 0 spiro atoms. The molecule has 0 aromatic rings. The molecule has 3 atom stereocenters. The lowest BCUT2D eigenvalue weighted by molar-refractivity contribution is -0.156. The van der Waals surface area contributed by atoms with E-state index in [1.54, 1.807) is 0 Å². The highest BCUT2D eigenvalue weighted by Gasteiger charge is 2.56. The van der Waals surface area contributed by atoms with Gasteiger partial charge < -0.3 is 0 Å². The van der Waals surface area contributed by atoms with Crippen molar-refractivity contribution < 1.29 is 4.79 Å². The largest absolute Gasteiger partial charge is 0.299 e. The van der Waals surface area contributed by atoms with E-state index < -0.39 is 0 Å². The van der Waals surface area contributed by atoms with Gasteiger partial charge in [-0.1, -0.05) is 20.8 Å². The van der Waals surface area contributed by atoms with Crippen LogP contribution in [-0.4, -0.2) is 5.78 Å². The molecule has 1 nitrogen and oxygen atoms in total.